The van der Waals surface area contributed by atoms with Crippen molar-refractivity contribution in [1.29, 1.82) is 0 Å². The second-order valence-corrected chi connectivity index (χ2v) is 7.49. The van der Waals surface area contributed by atoms with Crippen LogP contribution < -0.4 is 0 Å². The number of hydrogen-bond acceptors (Lipinski definition) is 3. The molecule has 2 aromatic carbocycles. The molecule has 0 radical (unpaired) electrons. The molecule has 124 valence electrons. The van der Waals surface area contributed by atoms with E-state index in [4.69, 9.17) is 4.74 Å². The number of benzene rings is 2. The minimum Gasteiger partial charge on any atom is -0.461 e. The molecule has 0 saturated carbocycles. The molecule has 0 saturated heterocycles. The van der Waals surface area contributed by atoms with Crippen LogP contribution in [0, 0.1) is 5.41 Å². The third kappa shape index (κ3) is 3.75. The molecule has 0 N–H and O–H groups in total. The first-order valence-electron chi connectivity index (χ1n) is 7.96. The van der Waals surface area contributed by atoms with Crippen molar-refractivity contribution in [2.45, 2.75) is 32.8 Å². The Kier molecular flexibility index (Phi) is 4.86. The molecule has 1 unspecified atom stereocenters. The van der Waals surface area contributed by atoms with Crippen LogP contribution in [0.1, 0.15) is 30.0 Å². The van der Waals surface area contributed by atoms with Crippen LogP contribution in [-0.2, 0) is 33.8 Å². The first kappa shape index (κ1) is 16.9. The van der Waals surface area contributed by atoms with Crippen molar-refractivity contribution in [2.24, 2.45) is 5.41 Å². The van der Waals surface area contributed by atoms with E-state index in [0.29, 0.717) is 12.8 Å². The standard InChI is InChI=1S/C20H19BrO3/c1-20(12-19(23)24-13-14-5-3-2-4-6-14)11-16-9-17(21)8-7-15(16)10-18(20)22/h2-9H,10-13H2,1H3. The lowest BCUT2D eigenvalue weighted by Crippen LogP contribution is -2.38. The normalized spacial score (nSPS) is 19.7. The molecule has 3 rings (SSSR count). The van der Waals surface area contributed by atoms with E-state index in [9.17, 15) is 9.59 Å². The molecule has 0 heterocycles. The van der Waals surface area contributed by atoms with Crippen LogP contribution in [-0.4, -0.2) is 11.8 Å². The Morgan fingerprint density at radius 1 is 1.17 bits per heavy atom. The number of halogens is 1. The quantitative estimate of drug-likeness (QED) is 0.737. The summed E-state index contributed by atoms with van der Waals surface area (Å²) < 4.78 is 6.35. The lowest BCUT2D eigenvalue weighted by molar-refractivity contribution is -0.150. The monoisotopic (exact) mass is 386 g/mol. The van der Waals surface area contributed by atoms with Crippen LogP contribution in [0.5, 0.6) is 0 Å². The number of ether oxygens (including phenoxy) is 1. The summed E-state index contributed by atoms with van der Waals surface area (Å²) in [5, 5.41) is 0. The van der Waals surface area contributed by atoms with Crippen LogP contribution in [0.3, 0.4) is 0 Å². The van der Waals surface area contributed by atoms with Crippen molar-refractivity contribution < 1.29 is 14.3 Å². The Morgan fingerprint density at radius 2 is 1.92 bits per heavy atom. The molecular formula is C20H19BrO3. The smallest absolute Gasteiger partial charge is 0.307 e. The first-order valence-corrected chi connectivity index (χ1v) is 8.76. The number of ketones is 1. The number of carbonyl (C=O) groups excluding carboxylic acids is 2. The van der Waals surface area contributed by atoms with Crippen LogP contribution in [0.4, 0.5) is 0 Å². The fraction of sp³-hybridized carbons (Fsp3) is 0.300. The molecule has 3 nitrogen and oxygen atoms in total. The second kappa shape index (κ2) is 6.89. The molecule has 0 aromatic heterocycles. The minimum absolute atomic E-state index is 0.106. The van der Waals surface area contributed by atoms with Gasteiger partial charge in [0.05, 0.1) is 6.42 Å². The zero-order valence-corrected chi connectivity index (χ0v) is 15.1. The van der Waals surface area contributed by atoms with Gasteiger partial charge in [-0.25, -0.2) is 0 Å². The number of carbonyl (C=O) groups is 2. The molecule has 0 spiro atoms. The Hall–Kier alpha value is -1.94. The van der Waals surface area contributed by atoms with Crippen molar-refractivity contribution in [3.63, 3.8) is 0 Å². The Labute approximate surface area is 150 Å². The van der Waals surface area contributed by atoms with E-state index < -0.39 is 5.41 Å². The van der Waals surface area contributed by atoms with Crippen molar-refractivity contribution in [3.8, 4) is 0 Å². The van der Waals surface area contributed by atoms with Crippen molar-refractivity contribution in [2.75, 3.05) is 0 Å². The Bertz CT molecular complexity index is 770. The van der Waals surface area contributed by atoms with E-state index in [2.05, 4.69) is 15.9 Å². The summed E-state index contributed by atoms with van der Waals surface area (Å²) in [4.78, 5) is 24.8. The molecule has 1 aliphatic rings. The molecule has 0 aliphatic heterocycles. The highest BCUT2D eigenvalue weighted by molar-refractivity contribution is 9.10. The van der Waals surface area contributed by atoms with E-state index in [1.54, 1.807) is 0 Å². The van der Waals surface area contributed by atoms with Crippen molar-refractivity contribution in [1.82, 2.24) is 0 Å². The maximum Gasteiger partial charge on any atom is 0.307 e. The van der Waals surface area contributed by atoms with Crippen molar-refractivity contribution in [3.05, 3.63) is 69.7 Å². The van der Waals surface area contributed by atoms with E-state index in [0.717, 1.165) is 21.2 Å². The van der Waals surface area contributed by atoms with E-state index >= 15 is 0 Å². The highest BCUT2D eigenvalue weighted by atomic mass is 79.9. The van der Waals surface area contributed by atoms with Gasteiger partial charge in [0.2, 0.25) is 0 Å². The van der Waals surface area contributed by atoms with Gasteiger partial charge in [-0.2, -0.15) is 0 Å². The van der Waals surface area contributed by atoms with Gasteiger partial charge in [-0.15, -0.1) is 0 Å². The third-order valence-electron chi connectivity index (χ3n) is 4.55. The van der Waals surface area contributed by atoms with Gasteiger partial charge in [-0.05, 0) is 35.2 Å². The zero-order chi connectivity index (χ0) is 17.2. The Balaban J connectivity index is 1.67. The second-order valence-electron chi connectivity index (χ2n) is 6.57. The van der Waals surface area contributed by atoms with Gasteiger partial charge in [-0.1, -0.05) is 59.3 Å². The number of Topliss-reactive ketones (excluding diaryl/α,β-unsaturated/α-hetero) is 1. The predicted molar refractivity (Wildman–Crippen MR) is 95.5 cm³/mol. The summed E-state index contributed by atoms with van der Waals surface area (Å²) in [5.74, 6) is -0.220. The van der Waals surface area contributed by atoms with Gasteiger partial charge in [0.15, 0.2) is 0 Å². The summed E-state index contributed by atoms with van der Waals surface area (Å²) in [6, 6.07) is 15.5. The van der Waals surface area contributed by atoms with Crippen molar-refractivity contribution >= 4 is 27.7 Å². The molecule has 0 bridgehead atoms. The molecule has 1 aliphatic carbocycles. The van der Waals surface area contributed by atoms with E-state index in [-0.39, 0.29) is 24.8 Å². The van der Waals surface area contributed by atoms with Crippen LogP contribution in [0.15, 0.2) is 53.0 Å². The predicted octanol–water partition coefficient (Wildman–Crippen LogP) is 4.26. The molecule has 4 heteroatoms. The number of esters is 1. The summed E-state index contributed by atoms with van der Waals surface area (Å²) in [5.41, 5.74) is 2.43. The fourth-order valence-electron chi connectivity index (χ4n) is 3.11. The van der Waals surface area contributed by atoms with Crippen LogP contribution in [0.25, 0.3) is 0 Å². The van der Waals surface area contributed by atoms with Gasteiger partial charge in [0.25, 0.3) is 0 Å². The highest BCUT2D eigenvalue weighted by Gasteiger charge is 2.39. The fourth-order valence-corrected chi connectivity index (χ4v) is 3.51. The topological polar surface area (TPSA) is 43.4 Å². The summed E-state index contributed by atoms with van der Waals surface area (Å²) in [7, 11) is 0. The van der Waals surface area contributed by atoms with Gasteiger partial charge in [-0.3, -0.25) is 9.59 Å². The SMILES string of the molecule is CC1(CC(=O)OCc2ccccc2)Cc2cc(Br)ccc2CC1=O. The molecule has 0 amide bonds. The minimum atomic E-state index is -0.693. The van der Waals surface area contributed by atoms with Gasteiger partial charge >= 0.3 is 5.97 Å². The summed E-state index contributed by atoms with van der Waals surface area (Å²) in [6.07, 6.45) is 1.07. The summed E-state index contributed by atoms with van der Waals surface area (Å²) >= 11 is 3.47. The molecule has 1 atom stereocenters. The molecule has 0 fully saturated rings. The largest absolute Gasteiger partial charge is 0.461 e. The number of fused-ring (bicyclic) bond motifs is 1. The maximum atomic E-state index is 12.6. The average molecular weight is 387 g/mol. The summed E-state index contributed by atoms with van der Waals surface area (Å²) in [6.45, 7) is 2.11. The molecular weight excluding hydrogens is 368 g/mol. The molecule has 2 aromatic rings. The number of hydrogen-bond donors (Lipinski definition) is 0. The van der Waals surface area contributed by atoms with E-state index in [1.165, 1.54) is 0 Å². The first-order chi connectivity index (χ1) is 11.5. The third-order valence-corrected chi connectivity index (χ3v) is 5.04. The molecule has 24 heavy (non-hydrogen) atoms. The van der Waals surface area contributed by atoms with Gasteiger partial charge in [0.1, 0.15) is 12.4 Å². The zero-order valence-electron chi connectivity index (χ0n) is 13.5. The average Bonchev–Trinajstić information content (AvgIpc) is 2.55. The lowest BCUT2D eigenvalue weighted by atomic mass is 9.70. The van der Waals surface area contributed by atoms with Crippen LogP contribution in [0.2, 0.25) is 0 Å². The van der Waals surface area contributed by atoms with E-state index in [1.807, 2.05) is 55.5 Å². The van der Waals surface area contributed by atoms with Gasteiger partial charge in [0, 0.05) is 16.3 Å². The lowest BCUT2D eigenvalue weighted by Gasteiger charge is -2.32. The maximum absolute atomic E-state index is 12.6. The van der Waals surface area contributed by atoms with Crippen LogP contribution >= 0.6 is 15.9 Å². The van der Waals surface area contributed by atoms with Gasteiger partial charge < -0.3 is 4.74 Å². The Morgan fingerprint density at radius 3 is 2.67 bits per heavy atom. The number of rotatable bonds is 4. The highest BCUT2D eigenvalue weighted by Crippen LogP contribution is 2.36.